The van der Waals surface area contributed by atoms with Crippen LogP contribution < -0.4 is 10.6 Å². The van der Waals surface area contributed by atoms with Crippen molar-refractivity contribution in [2.75, 3.05) is 5.32 Å². The van der Waals surface area contributed by atoms with Crippen LogP contribution in [0.4, 0.5) is 5.69 Å². The molecule has 6 heteroatoms. The van der Waals surface area contributed by atoms with Crippen LogP contribution in [-0.4, -0.2) is 11.8 Å². The van der Waals surface area contributed by atoms with E-state index in [2.05, 4.69) is 10.6 Å². The molecule has 1 saturated carbocycles. The third kappa shape index (κ3) is 4.35. The molecule has 0 aliphatic heterocycles. The molecule has 1 fully saturated rings. The van der Waals surface area contributed by atoms with E-state index in [1.54, 1.807) is 48.5 Å². The lowest BCUT2D eigenvalue weighted by Crippen LogP contribution is -2.50. The van der Waals surface area contributed by atoms with Gasteiger partial charge in [-0.3, -0.25) is 9.59 Å². The maximum absolute atomic E-state index is 12.7. The normalized spacial score (nSPS) is 14.5. The quantitative estimate of drug-likeness (QED) is 0.508. The van der Waals surface area contributed by atoms with Gasteiger partial charge in [0, 0.05) is 26.9 Å². The van der Waals surface area contributed by atoms with Gasteiger partial charge in [0.15, 0.2) is 0 Å². The van der Waals surface area contributed by atoms with E-state index < -0.39 is 0 Å². The van der Waals surface area contributed by atoms with E-state index >= 15 is 0 Å². The Morgan fingerprint density at radius 2 is 1.47 bits per heavy atom. The zero-order chi connectivity index (χ0) is 21.1. The van der Waals surface area contributed by atoms with Gasteiger partial charge in [-0.05, 0) is 79.4 Å². The van der Waals surface area contributed by atoms with Gasteiger partial charge in [0.05, 0.1) is 5.54 Å². The number of rotatable bonds is 5. The predicted molar refractivity (Wildman–Crippen MR) is 120 cm³/mol. The third-order valence-electron chi connectivity index (χ3n) is 5.45. The highest BCUT2D eigenvalue weighted by atomic mass is 35.5. The van der Waals surface area contributed by atoms with Crippen molar-refractivity contribution in [2.24, 2.45) is 0 Å². The third-order valence-corrected chi connectivity index (χ3v) is 5.94. The Morgan fingerprint density at radius 3 is 2.07 bits per heavy atom. The van der Waals surface area contributed by atoms with Crippen LogP contribution in [-0.2, 0) is 5.54 Å². The van der Waals surface area contributed by atoms with Crippen LogP contribution in [0.2, 0.25) is 10.0 Å². The molecular formula is C24H20Cl2N2O2. The van der Waals surface area contributed by atoms with E-state index in [0.29, 0.717) is 26.9 Å². The van der Waals surface area contributed by atoms with Crippen LogP contribution in [0, 0.1) is 0 Å². The van der Waals surface area contributed by atoms with Crippen molar-refractivity contribution in [2.45, 2.75) is 24.8 Å². The molecule has 152 valence electrons. The maximum Gasteiger partial charge on any atom is 0.255 e. The van der Waals surface area contributed by atoms with Crippen LogP contribution in [0.1, 0.15) is 45.5 Å². The summed E-state index contributed by atoms with van der Waals surface area (Å²) in [6, 6.07) is 21.3. The van der Waals surface area contributed by atoms with Crippen molar-refractivity contribution in [1.29, 1.82) is 0 Å². The molecule has 1 aliphatic carbocycles. The van der Waals surface area contributed by atoms with Gasteiger partial charge in [-0.2, -0.15) is 0 Å². The van der Waals surface area contributed by atoms with Crippen molar-refractivity contribution in [3.05, 3.63) is 99.5 Å². The van der Waals surface area contributed by atoms with Crippen molar-refractivity contribution in [3.8, 4) is 0 Å². The number of hydrogen-bond donors (Lipinski definition) is 2. The van der Waals surface area contributed by atoms with Crippen molar-refractivity contribution in [1.82, 2.24) is 5.32 Å². The number of anilines is 1. The lowest BCUT2D eigenvalue weighted by molar-refractivity contribution is 0.0823. The summed E-state index contributed by atoms with van der Waals surface area (Å²) in [4.78, 5) is 25.1. The zero-order valence-corrected chi connectivity index (χ0v) is 17.6. The van der Waals surface area contributed by atoms with E-state index in [1.165, 1.54) is 0 Å². The van der Waals surface area contributed by atoms with E-state index in [1.807, 2.05) is 24.3 Å². The number of carbonyl (C=O) groups is 2. The fourth-order valence-corrected chi connectivity index (χ4v) is 3.93. The molecule has 2 N–H and O–H groups in total. The molecule has 0 heterocycles. The summed E-state index contributed by atoms with van der Waals surface area (Å²) in [5.74, 6) is -0.343. The van der Waals surface area contributed by atoms with E-state index in [9.17, 15) is 9.59 Å². The van der Waals surface area contributed by atoms with Gasteiger partial charge >= 0.3 is 0 Å². The fourth-order valence-electron chi connectivity index (χ4n) is 3.61. The van der Waals surface area contributed by atoms with Gasteiger partial charge in [0.2, 0.25) is 0 Å². The molecule has 0 unspecified atom stereocenters. The summed E-state index contributed by atoms with van der Waals surface area (Å²) in [6.45, 7) is 0. The van der Waals surface area contributed by atoms with E-state index in [0.717, 1.165) is 24.8 Å². The molecule has 1 aliphatic rings. The molecule has 4 rings (SSSR count). The molecular weight excluding hydrogens is 419 g/mol. The SMILES string of the molecule is O=C(Nc1ccc(C2(NC(=O)c3ccc(Cl)cc3)CCC2)cc1)c1cccc(Cl)c1. The second-order valence-electron chi connectivity index (χ2n) is 7.44. The summed E-state index contributed by atoms with van der Waals surface area (Å²) >= 11 is 11.9. The first-order chi connectivity index (χ1) is 14.4. The van der Waals surface area contributed by atoms with Crippen molar-refractivity contribution >= 4 is 40.7 Å². The standard InChI is InChI=1S/C24H20Cl2N2O2/c25-19-9-5-16(6-10-19)23(30)28-24(13-2-14-24)18-7-11-21(12-8-18)27-22(29)17-3-1-4-20(26)15-17/h1,3-12,15H,2,13-14H2,(H,27,29)(H,28,30). The minimum absolute atomic E-state index is 0.121. The average Bonchev–Trinajstić information content (AvgIpc) is 2.72. The van der Waals surface area contributed by atoms with Crippen LogP contribution in [0.15, 0.2) is 72.8 Å². The summed E-state index contributed by atoms with van der Waals surface area (Å²) in [5, 5.41) is 7.18. The highest BCUT2D eigenvalue weighted by Gasteiger charge is 2.40. The molecule has 4 nitrogen and oxygen atoms in total. The first kappa shape index (κ1) is 20.5. The zero-order valence-electron chi connectivity index (χ0n) is 16.1. The topological polar surface area (TPSA) is 58.2 Å². The second-order valence-corrected chi connectivity index (χ2v) is 8.31. The molecule has 0 saturated heterocycles. The number of hydrogen-bond acceptors (Lipinski definition) is 2. The Bertz CT molecular complexity index is 1080. The molecule has 0 bridgehead atoms. The number of carbonyl (C=O) groups excluding carboxylic acids is 2. The van der Waals surface area contributed by atoms with Gasteiger partial charge < -0.3 is 10.6 Å². The van der Waals surface area contributed by atoms with Crippen LogP contribution in [0.25, 0.3) is 0 Å². The summed E-state index contributed by atoms with van der Waals surface area (Å²) in [6.07, 6.45) is 2.80. The predicted octanol–water partition coefficient (Wildman–Crippen LogP) is 6.05. The van der Waals surface area contributed by atoms with Gasteiger partial charge in [-0.25, -0.2) is 0 Å². The Hall–Kier alpha value is -2.82. The minimum atomic E-state index is -0.383. The number of halogens is 2. The van der Waals surface area contributed by atoms with Crippen molar-refractivity contribution < 1.29 is 9.59 Å². The second kappa shape index (κ2) is 8.50. The maximum atomic E-state index is 12.7. The molecule has 2 amide bonds. The molecule has 3 aromatic carbocycles. The largest absolute Gasteiger partial charge is 0.343 e. The van der Waals surface area contributed by atoms with Crippen LogP contribution >= 0.6 is 23.2 Å². The fraction of sp³-hybridized carbons (Fsp3) is 0.167. The Labute approximate surface area is 185 Å². The number of nitrogens with one attached hydrogen (secondary N) is 2. The van der Waals surface area contributed by atoms with Gasteiger partial charge in [-0.15, -0.1) is 0 Å². The molecule has 0 aromatic heterocycles. The lowest BCUT2D eigenvalue weighted by atomic mass is 9.71. The molecule has 0 radical (unpaired) electrons. The molecule has 0 spiro atoms. The van der Waals surface area contributed by atoms with Gasteiger partial charge in [0.1, 0.15) is 0 Å². The average molecular weight is 439 g/mol. The van der Waals surface area contributed by atoms with Gasteiger partial charge in [-0.1, -0.05) is 41.4 Å². The minimum Gasteiger partial charge on any atom is -0.343 e. The summed E-state index contributed by atoms with van der Waals surface area (Å²) in [5.41, 5.74) is 2.40. The number of benzene rings is 3. The highest BCUT2D eigenvalue weighted by molar-refractivity contribution is 6.31. The Kier molecular flexibility index (Phi) is 5.80. The lowest BCUT2D eigenvalue weighted by Gasteiger charge is -2.43. The Morgan fingerprint density at radius 1 is 0.767 bits per heavy atom. The van der Waals surface area contributed by atoms with Crippen LogP contribution in [0.5, 0.6) is 0 Å². The first-order valence-corrected chi connectivity index (χ1v) is 10.5. The van der Waals surface area contributed by atoms with Gasteiger partial charge in [0.25, 0.3) is 11.8 Å². The smallest absolute Gasteiger partial charge is 0.255 e. The van der Waals surface area contributed by atoms with E-state index in [4.69, 9.17) is 23.2 Å². The molecule has 0 atom stereocenters. The summed E-state index contributed by atoms with van der Waals surface area (Å²) in [7, 11) is 0. The summed E-state index contributed by atoms with van der Waals surface area (Å²) < 4.78 is 0. The Balaban J connectivity index is 1.47. The van der Waals surface area contributed by atoms with Crippen molar-refractivity contribution in [3.63, 3.8) is 0 Å². The highest BCUT2D eigenvalue weighted by Crippen LogP contribution is 2.41. The first-order valence-electron chi connectivity index (χ1n) is 9.71. The number of amides is 2. The molecule has 30 heavy (non-hydrogen) atoms. The van der Waals surface area contributed by atoms with Crippen LogP contribution in [0.3, 0.4) is 0 Å². The molecule has 3 aromatic rings. The monoisotopic (exact) mass is 438 g/mol. The van der Waals surface area contributed by atoms with E-state index in [-0.39, 0.29) is 17.4 Å².